The predicted molar refractivity (Wildman–Crippen MR) is 115 cm³/mol. The summed E-state index contributed by atoms with van der Waals surface area (Å²) in [5, 5.41) is 9.27. The molecule has 0 aromatic heterocycles. The number of benzene rings is 1. The quantitative estimate of drug-likeness (QED) is 0.730. The number of carbonyl (C=O) groups excluding carboxylic acids is 2. The molecule has 1 unspecified atom stereocenters. The molecule has 0 spiro atoms. The first-order valence-corrected chi connectivity index (χ1v) is 11.8. The van der Waals surface area contributed by atoms with Crippen molar-refractivity contribution in [2.24, 2.45) is 11.7 Å². The molecule has 1 aromatic rings. The fraction of sp³-hybridized carbons (Fsp3) is 0.625. The average Bonchev–Trinajstić information content (AvgIpc) is 3.45. The molecular formula is C24H30FN5O2. The maximum absolute atomic E-state index is 13.5. The van der Waals surface area contributed by atoms with Gasteiger partial charge < -0.3 is 15.5 Å². The first-order chi connectivity index (χ1) is 15.5. The molecule has 4 fully saturated rings. The van der Waals surface area contributed by atoms with Crippen LogP contribution in [0.25, 0.3) is 0 Å². The summed E-state index contributed by atoms with van der Waals surface area (Å²) >= 11 is 0. The zero-order valence-electron chi connectivity index (χ0n) is 18.2. The smallest absolute Gasteiger partial charge is 0.241 e. The van der Waals surface area contributed by atoms with E-state index in [1.807, 2.05) is 21.9 Å². The van der Waals surface area contributed by atoms with E-state index < -0.39 is 6.04 Å². The number of hydrogen-bond donors (Lipinski definition) is 1. The Kier molecular flexibility index (Phi) is 5.64. The normalized spacial score (nSPS) is 29.8. The minimum atomic E-state index is -0.732. The number of hydrogen-bond acceptors (Lipinski definition) is 5. The number of halogens is 1. The Morgan fingerprint density at radius 1 is 1.22 bits per heavy atom. The predicted octanol–water partition coefficient (Wildman–Crippen LogP) is 1.79. The van der Waals surface area contributed by atoms with Crippen LogP contribution in [0.5, 0.6) is 0 Å². The van der Waals surface area contributed by atoms with Gasteiger partial charge >= 0.3 is 0 Å². The molecule has 3 saturated heterocycles. The zero-order valence-corrected chi connectivity index (χ0v) is 18.2. The van der Waals surface area contributed by atoms with Crippen molar-refractivity contribution >= 4 is 11.8 Å². The van der Waals surface area contributed by atoms with Crippen molar-refractivity contribution in [1.82, 2.24) is 14.7 Å². The fourth-order valence-corrected chi connectivity index (χ4v) is 6.04. The van der Waals surface area contributed by atoms with Crippen LogP contribution in [-0.4, -0.2) is 70.3 Å². The Morgan fingerprint density at radius 2 is 1.97 bits per heavy atom. The van der Waals surface area contributed by atoms with E-state index in [1.54, 1.807) is 4.90 Å². The van der Waals surface area contributed by atoms with Gasteiger partial charge in [0.1, 0.15) is 11.9 Å². The van der Waals surface area contributed by atoms with Crippen LogP contribution in [0.2, 0.25) is 0 Å². The summed E-state index contributed by atoms with van der Waals surface area (Å²) in [6.45, 7) is 1.60. The van der Waals surface area contributed by atoms with Gasteiger partial charge in [0, 0.05) is 25.7 Å². The van der Waals surface area contributed by atoms with Crippen LogP contribution in [0, 0.1) is 23.1 Å². The second-order valence-corrected chi connectivity index (χ2v) is 9.72. The molecular weight excluding hydrogens is 409 g/mol. The number of nitrogens with zero attached hydrogens (tertiary/aromatic N) is 4. The average molecular weight is 440 g/mol. The molecule has 2 bridgehead atoms. The number of carbonyl (C=O) groups is 2. The van der Waals surface area contributed by atoms with Crippen LogP contribution in [0.3, 0.4) is 0 Å². The van der Waals surface area contributed by atoms with Crippen molar-refractivity contribution in [1.29, 1.82) is 5.26 Å². The summed E-state index contributed by atoms with van der Waals surface area (Å²) in [5.41, 5.74) is 7.25. The van der Waals surface area contributed by atoms with Gasteiger partial charge in [-0.2, -0.15) is 5.26 Å². The number of rotatable bonds is 6. The lowest BCUT2D eigenvalue weighted by Crippen LogP contribution is -2.57. The van der Waals surface area contributed by atoms with Gasteiger partial charge in [0.2, 0.25) is 11.8 Å². The maximum Gasteiger partial charge on any atom is 0.241 e. The zero-order chi connectivity index (χ0) is 22.4. The summed E-state index contributed by atoms with van der Waals surface area (Å²) in [6.07, 6.45) is 5.61. The van der Waals surface area contributed by atoms with Crippen molar-refractivity contribution in [2.45, 2.75) is 68.7 Å². The van der Waals surface area contributed by atoms with E-state index in [1.165, 1.54) is 18.6 Å². The monoisotopic (exact) mass is 439 g/mol. The van der Waals surface area contributed by atoms with E-state index in [9.17, 15) is 19.2 Å². The second-order valence-electron chi connectivity index (χ2n) is 9.72. The second kappa shape index (κ2) is 8.45. The molecule has 1 saturated carbocycles. The molecule has 5 rings (SSSR count). The summed E-state index contributed by atoms with van der Waals surface area (Å²) in [6, 6.07) is 7.46. The van der Waals surface area contributed by atoms with Gasteiger partial charge in [-0.1, -0.05) is 18.6 Å². The Hall–Kier alpha value is -2.50. The van der Waals surface area contributed by atoms with Gasteiger partial charge in [-0.3, -0.25) is 14.5 Å². The molecule has 1 aliphatic carbocycles. The van der Waals surface area contributed by atoms with Gasteiger partial charge in [0.05, 0.1) is 24.2 Å². The van der Waals surface area contributed by atoms with Gasteiger partial charge in [0.25, 0.3) is 0 Å². The van der Waals surface area contributed by atoms with Crippen LogP contribution in [0.1, 0.15) is 50.1 Å². The number of amides is 2. The molecule has 5 atom stereocenters. The molecule has 2 amide bonds. The van der Waals surface area contributed by atoms with Crippen molar-refractivity contribution in [3.05, 3.63) is 35.6 Å². The minimum Gasteiger partial charge on any atom is -0.330 e. The SMILES string of the molecule is N#C[C@@H]1CCCN1C(=O)[C@@H](N)CN1CC2C[C@@H]1C(=O)N2[C@H](c1ccc(F)cc1)C1CCC1. The van der Waals surface area contributed by atoms with Crippen molar-refractivity contribution in [2.75, 3.05) is 19.6 Å². The third-order valence-electron chi connectivity index (χ3n) is 7.86. The van der Waals surface area contributed by atoms with Crippen LogP contribution in [0.4, 0.5) is 4.39 Å². The lowest BCUT2D eigenvalue weighted by atomic mass is 9.76. The number of piperazine rings is 1. The number of likely N-dealkylation sites (tertiary alicyclic amines) is 3. The molecule has 0 radical (unpaired) electrons. The molecule has 8 heteroatoms. The van der Waals surface area contributed by atoms with E-state index in [-0.39, 0.29) is 41.8 Å². The van der Waals surface area contributed by atoms with Crippen LogP contribution in [0.15, 0.2) is 24.3 Å². The van der Waals surface area contributed by atoms with Gasteiger partial charge in [-0.15, -0.1) is 0 Å². The summed E-state index contributed by atoms with van der Waals surface area (Å²) < 4.78 is 13.5. The van der Waals surface area contributed by atoms with Crippen molar-refractivity contribution < 1.29 is 14.0 Å². The van der Waals surface area contributed by atoms with E-state index in [4.69, 9.17) is 5.73 Å². The highest BCUT2D eigenvalue weighted by molar-refractivity contribution is 5.87. The lowest BCUT2D eigenvalue weighted by molar-refractivity contribution is -0.143. The molecule has 3 aliphatic heterocycles. The molecule has 7 nitrogen and oxygen atoms in total. The maximum atomic E-state index is 13.5. The van der Waals surface area contributed by atoms with Crippen LogP contribution < -0.4 is 5.73 Å². The molecule has 4 aliphatic rings. The molecule has 170 valence electrons. The van der Waals surface area contributed by atoms with Gasteiger partial charge in [-0.25, -0.2) is 4.39 Å². The number of nitriles is 1. The highest BCUT2D eigenvalue weighted by atomic mass is 19.1. The summed E-state index contributed by atoms with van der Waals surface area (Å²) in [7, 11) is 0. The third-order valence-corrected chi connectivity index (χ3v) is 7.86. The number of fused-ring (bicyclic) bond motifs is 2. The van der Waals surface area contributed by atoms with Crippen molar-refractivity contribution in [3.63, 3.8) is 0 Å². The Balaban J connectivity index is 1.28. The topological polar surface area (TPSA) is 93.7 Å². The van der Waals surface area contributed by atoms with E-state index in [2.05, 4.69) is 6.07 Å². The van der Waals surface area contributed by atoms with E-state index in [0.29, 0.717) is 32.0 Å². The molecule has 3 heterocycles. The highest BCUT2D eigenvalue weighted by Gasteiger charge is 2.54. The molecule has 2 N–H and O–H groups in total. The molecule has 32 heavy (non-hydrogen) atoms. The summed E-state index contributed by atoms with van der Waals surface area (Å²) in [5.74, 6) is 0.0500. The largest absolute Gasteiger partial charge is 0.330 e. The Labute approximate surface area is 187 Å². The highest BCUT2D eigenvalue weighted by Crippen LogP contribution is 2.47. The van der Waals surface area contributed by atoms with Gasteiger partial charge in [0.15, 0.2) is 0 Å². The lowest BCUT2D eigenvalue weighted by Gasteiger charge is -2.45. The first kappa shape index (κ1) is 21.4. The fourth-order valence-electron chi connectivity index (χ4n) is 6.04. The molecule has 1 aromatic carbocycles. The van der Waals surface area contributed by atoms with E-state index in [0.717, 1.165) is 31.2 Å². The third kappa shape index (κ3) is 3.57. The van der Waals surface area contributed by atoms with Crippen molar-refractivity contribution in [3.8, 4) is 6.07 Å². The first-order valence-electron chi connectivity index (χ1n) is 11.8. The minimum absolute atomic E-state index is 0.00899. The van der Waals surface area contributed by atoms with Gasteiger partial charge in [-0.05, 0) is 55.7 Å². The standard InChI is InChI=1S/C24H30FN5O2/c25-17-8-6-16(7-9-17)22(15-3-1-4-15)30-19-11-21(24(30)32)28(13-19)14-20(27)23(31)29-10-2-5-18(29)12-26/h6-9,15,18-22H,1-5,10-11,13-14,27H2/t18-,19?,20-,21+,22-/m0/s1. The van der Waals surface area contributed by atoms with E-state index >= 15 is 0 Å². The van der Waals surface area contributed by atoms with Crippen LogP contribution >= 0.6 is 0 Å². The number of nitrogens with two attached hydrogens (primary N) is 1. The Morgan fingerprint density at radius 3 is 2.59 bits per heavy atom. The summed E-state index contributed by atoms with van der Waals surface area (Å²) in [4.78, 5) is 31.9. The Bertz CT molecular complexity index is 927. The van der Waals surface area contributed by atoms with Crippen LogP contribution in [-0.2, 0) is 9.59 Å².